The smallest absolute Gasteiger partial charge is 0.249 e. The second kappa shape index (κ2) is 25.7. The van der Waals surface area contributed by atoms with Crippen LogP contribution in [-0.4, -0.2) is 13.4 Å². The highest BCUT2D eigenvalue weighted by Gasteiger charge is 2.51. The van der Waals surface area contributed by atoms with E-state index in [1.807, 2.05) is 23.5 Å². The highest BCUT2D eigenvalue weighted by Crippen LogP contribution is 2.61. The van der Waals surface area contributed by atoms with E-state index in [2.05, 4.69) is 432 Å². The lowest BCUT2D eigenvalue weighted by atomic mass is 9.31. The van der Waals surface area contributed by atoms with Crippen molar-refractivity contribution in [2.24, 2.45) is 0 Å². The van der Waals surface area contributed by atoms with Crippen molar-refractivity contribution in [3.63, 3.8) is 0 Å². The minimum absolute atomic E-state index is 0.148. The topological polar surface area (TPSA) is 13.0 Å². The van der Waals surface area contributed by atoms with Gasteiger partial charge in [-0.15, -0.1) is 0 Å². The van der Waals surface area contributed by atoms with Crippen LogP contribution in [0.5, 0.6) is 0 Å². The highest BCUT2D eigenvalue weighted by molar-refractivity contribution is 8.00. The third-order valence-corrected chi connectivity index (χ3v) is 26.7. The molecule has 4 heterocycles. The van der Waals surface area contributed by atoms with E-state index in [0.717, 1.165) is 68.2 Å². The Hall–Kier alpha value is -13.2. The van der Waals surface area contributed by atoms with Gasteiger partial charge in [0.1, 0.15) is 0 Å². The fourth-order valence-electron chi connectivity index (χ4n) is 20.0. The second-order valence-corrected chi connectivity index (χ2v) is 32.2. The Morgan fingerprint density at radius 3 is 0.875 bits per heavy atom. The number of hydrogen-bond donors (Lipinski definition) is 0. The molecule has 6 aliphatic rings. The molecule has 0 fully saturated rings. The molecule has 0 saturated heterocycles. The number of rotatable bonds is 12. The van der Waals surface area contributed by atoms with E-state index >= 15 is 0 Å². The predicted molar refractivity (Wildman–Crippen MR) is 470 cm³/mol. The van der Waals surface area contributed by atoms with Gasteiger partial charge >= 0.3 is 0 Å². The first-order valence-electron chi connectivity index (χ1n) is 38.8. The fraction of sp³-hybridized carbons (Fsp3) is 0.0192. The van der Waals surface area contributed by atoms with Crippen LogP contribution in [0.15, 0.2) is 432 Å². The third-order valence-electron chi connectivity index (χ3n) is 24.4. The maximum absolute atomic E-state index is 2.69. The van der Waals surface area contributed by atoms with Crippen LogP contribution >= 0.6 is 23.5 Å². The van der Waals surface area contributed by atoms with E-state index in [1.54, 1.807) is 0 Å². The Morgan fingerprint density at radius 1 is 0.214 bits per heavy atom. The van der Waals surface area contributed by atoms with Crippen molar-refractivity contribution in [1.29, 1.82) is 0 Å². The number of benzene rings is 17. The monoisotopic (exact) mass is 1460 g/mol. The summed E-state index contributed by atoms with van der Waals surface area (Å²) >= 11 is 3.81. The summed E-state index contributed by atoms with van der Waals surface area (Å²) in [6, 6.07) is 156. The fourth-order valence-corrected chi connectivity index (χ4v) is 22.4. The first-order valence-corrected chi connectivity index (χ1v) is 40.4. The maximum Gasteiger partial charge on any atom is 0.249 e. The molecule has 8 heteroatoms. The minimum Gasteiger partial charge on any atom is -0.311 e. The summed E-state index contributed by atoms with van der Waals surface area (Å²) in [5, 5.41) is 0. The average Bonchev–Trinajstić information content (AvgIpc) is 1.68. The van der Waals surface area contributed by atoms with Gasteiger partial charge < -0.3 is 19.6 Å². The lowest BCUT2D eigenvalue weighted by Gasteiger charge is -2.45. The van der Waals surface area contributed by atoms with Gasteiger partial charge in [-0.25, -0.2) is 0 Å². The zero-order valence-corrected chi connectivity index (χ0v) is 62.7. The van der Waals surface area contributed by atoms with E-state index in [4.69, 9.17) is 0 Å². The van der Waals surface area contributed by atoms with E-state index in [-0.39, 0.29) is 13.4 Å². The minimum atomic E-state index is -0.600. The molecule has 0 radical (unpaired) electrons. The normalized spacial score (nSPS) is 14.1. The molecule has 522 valence electrons. The number of para-hydroxylation sites is 4. The highest BCUT2D eigenvalue weighted by atomic mass is 32.2. The van der Waals surface area contributed by atoms with Gasteiger partial charge in [0.15, 0.2) is 0 Å². The van der Waals surface area contributed by atoms with E-state index in [0.29, 0.717) is 0 Å². The van der Waals surface area contributed by atoms with Gasteiger partial charge in [-0.1, -0.05) is 332 Å². The van der Waals surface area contributed by atoms with Crippen molar-refractivity contribution < 1.29 is 0 Å². The van der Waals surface area contributed by atoms with Gasteiger partial charge in [0.2, 0.25) is 13.4 Å². The molecular formula is C104H68B2N4S2. The number of fused-ring (bicyclic) bond motifs is 14. The summed E-state index contributed by atoms with van der Waals surface area (Å²) in [5.74, 6) is 0. The number of anilines is 12. The van der Waals surface area contributed by atoms with Gasteiger partial charge in [-0.05, 0) is 204 Å². The Morgan fingerprint density at radius 2 is 0.518 bits per heavy atom. The van der Waals surface area contributed by atoms with Crippen LogP contribution in [0.1, 0.15) is 44.5 Å². The molecule has 0 bridgehead atoms. The first-order chi connectivity index (χ1) is 55.6. The summed E-state index contributed by atoms with van der Waals surface area (Å²) in [5.41, 5.74) is 34.8. The molecule has 0 saturated carbocycles. The molecule has 0 spiro atoms. The number of hydrogen-bond acceptors (Lipinski definition) is 6. The molecule has 0 unspecified atom stereocenters. The molecular weight excluding hydrogens is 1390 g/mol. The van der Waals surface area contributed by atoms with Crippen LogP contribution in [0.4, 0.5) is 68.2 Å². The maximum atomic E-state index is 2.69. The van der Waals surface area contributed by atoms with Crippen LogP contribution < -0.4 is 52.4 Å². The molecule has 112 heavy (non-hydrogen) atoms. The van der Waals surface area contributed by atoms with E-state index in [1.165, 1.54) is 119 Å². The molecule has 17 aromatic rings. The van der Waals surface area contributed by atoms with Crippen LogP contribution in [0.25, 0.3) is 22.3 Å². The molecule has 0 N–H and O–H groups in total. The molecule has 23 rings (SSSR count). The van der Waals surface area contributed by atoms with Crippen molar-refractivity contribution in [2.45, 2.75) is 30.4 Å². The second-order valence-electron chi connectivity index (χ2n) is 30.1. The molecule has 4 aliphatic heterocycles. The summed E-state index contributed by atoms with van der Waals surface area (Å²) in [6.07, 6.45) is 0. The molecule has 0 atom stereocenters. The zero-order chi connectivity index (χ0) is 73.6. The van der Waals surface area contributed by atoms with Gasteiger partial charge in [0.05, 0.1) is 10.8 Å². The van der Waals surface area contributed by atoms with Gasteiger partial charge in [0.25, 0.3) is 0 Å². The Kier molecular flexibility index (Phi) is 14.8. The van der Waals surface area contributed by atoms with Crippen molar-refractivity contribution in [3.8, 4) is 22.3 Å². The molecule has 4 nitrogen and oxygen atoms in total. The quantitative estimate of drug-likeness (QED) is 0.112. The lowest BCUT2D eigenvalue weighted by Crippen LogP contribution is -2.64. The van der Waals surface area contributed by atoms with Crippen molar-refractivity contribution in [1.82, 2.24) is 0 Å². The Balaban J connectivity index is 0.844. The van der Waals surface area contributed by atoms with Crippen molar-refractivity contribution in [3.05, 3.63) is 457 Å². The van der Waals surface area contributed by atoms with Crippen LogP contribution in [0.2, 0.25) is 0 Å². The van der Waals surface area contributed by atoms with E-state index < -0.39 is 10.8 Å². The van der Waals surface area contributed by atoms with Crippen LogP contribution in [0.3, 0.4) is 0 Å². The van der Waals surface area contributed by atoms with Crippen LogP contribution in [0, 0.1) is 0 Å². The lowest BCUT2D eigenvalue weighted by molar-refractivity contribution is 0.768. The van der Waals surface area contributed by atoms with Gasteiger partial charge in [-0.3, -0.25) is 0 Å². The van der Waals surface area contributed by atoms with Crippen LogP contribution in [-0.2, 0) is 10.8 Å². The molecule has 0 aromatic heterocycles. The molecule has 2 aliphatic carbocycles. The van der Waals surface area contributed by atoms with Crippen molar-refractivity contribution in [2.75, 3.05) is 19.6 Å². The van der Waals surface area contributed by atoms with Gasteiger partial charge in [-0.2, -0.15) is 0 Å². The number of nitrogens with zero attached hydrogens (tertiary/aromatic N) is 4. The SMILES string of the molecule is c1ccc(N(c2ccccc2)c2cc3c4c(c2)N(c2ccc5c(c2)-c2ccccc2C5(c2ccccc2)c2ccccc2)c2cc5c(cc2B4c2ccccc2S3)B2c3ccccc3Sc3cc(N(c4ccccc4)c4ccccc4)cc(c32)N5c2ccc3c(c2)-c2ccccc2C3(c2ccccc2)c2ccccc2)cc1. The Labute approximate surface area is 662 Å². The molecule has 0 amide bonds. The standard InChI is InChI=1S/C104H68B2N4S2/c1-9-33-69(34-10-1)103(70-35-11-2-12-36-70)85-51-27-25-49-81(85)83-61-77(57-59-87(83)103)109-93-68-94-92(67-91(93)105-89-53-29-31-55-97(89)111-99-65-79(63-95(109)101(99)105)107(73-41-17-5-18-42-73)74-43-19-6-20-44-74)106-90-54-30-32-56-98(90)112-100-66-80(108(75-45-21-7-22-46-75)76-47-23-8-24-48-76)64-96(102(100)106)110(94)78-58-60-88-84(62-78)82-50-26-28-52-86(82)104(88,71-37-13-3-14-38-71)72-39-15-4-16-40-72/h1-68H. The third kappa shape index (κ3) is 9.56. The first kappa shape index (κ1) is 64.7. The average molecular weight is 1460 g/mol. The van der Waals surface area contributed by atoms with E-state index in [9.17, 15) is 0 Å². The molecule has 17 aromatic carbocycles. The summed E-state index contributed by atoms with van der Waals surface area (Å²) < 4.78 is 0. The summed E-state index contributed by atoms with van der Waals surface area (Å²) in [7, 11) is 0. The summed E-state index contributed by atoms with van der Waals surface area (Å²) in [4.78, 5) is 15.3. The van der Waals surface area contributed by atoms with Crippen molar-refractivity contribution >= 4 is 138 Å². The predicted octanol–water partition coefficient (Wildman–Crippen LogP) is 22.9. The zero-order valence-electron chi connectivity index (χ0n) is 61.0. The Bertz CT molecular complexity index is 6060. The summed E-state index contributed by atoms with van der Waals surface area (Å²) in [6.45, 7) is -0.297. The largest absolute Gasteiger partial charge is 0.311 e. The van der Waals surface area contributed by atoms with Gasteiger partial charge in [0, 0.05) is 87.8 Å².